The van der Waals surface area contributed by atoms with E-state index in [9.17, 15) is 0 Å². The highest BCUT2D eigenvalue weighted by atomic mass is 35.5. The van der Waals surface area contributed by atoms with Gasteiger partial charge in [0.05, 0.1) is 5.02 Å². The Labute approximate surface area is 136 Å². The number of hydrogen-bond donors (Lipinski definition) is 1. The van der Waals surface area contributed by atoms with E-state index in [2.05, 4.69) is 12.2 Å². The summed E-state index contributed by atoms with van der Waals surface area (Å²) in [4.78, 5) is 0. The van der Waals surface area contributed by atoms with Crippen LogP contribution in [0.4, 0.5) is 0 Å². The summed E-state index contributed by atoms with van der Waals surface area (Å²) in [7, 11) is 0. The predicted molar refractivity (Wildman–Crippen MR) is 89.2 cm³/mol. The van der Waals surface area contributed by atoms with Crippen LogP contribution in [0.15, 0.2) is 42.5 Å². The summed E-state index contributed by atoms with van der Waals surface area (Å²) < 4.78 is 5.75. The van der Waals surface area contributed by atoms with Crippen LogP contribution in [-0.4, -0.2) is 6.54 Å². The molecule has 0 aliphatic heterocycles. The number of rotatable bonds is 7. The Morgan fingerprint density at radius 3 is 2.38 bits per heavy atom. The number of hydrogen-bond acceptors (Lipinski definition) is 2. The van der Waals surface area contributed by atoms with Crippen LogP contribution in [0.25, 0.3) is 0 Å². The minimum Gasteiger partial charge on any atom is -0.487 e. The zero-order chi connectivity index (χ0) is 15.1. The van der Waals surface area contributed by atoms with Crippen molar-refractivity contribution < 1.29 is 4.74 Å². The molecule has 0 fully saturated rings. The molecule has 2 aromatic rings. The highest BCUT2D eigenvalue weighted by molar-refractivity contribution is 6.32. The Kier molecular flexibility index (Phi) is 6.37. The van der Waals surface area contributed by atoms with E-state index in [0.29, 0.717) is 17.4 Å². The fraction of sp³-hybridized carbons (Fsp3) is 0.294. The molecule has 0 aliphatic carbocycles. The molecular weight excluding hydrogens is 305 g/mol. The molecule has 0 amide bonds. The van der Waals surface area contributed by atoms with Crippen LogP contribution in [0.3, 0.4) is 0 Å². The Morgan fingerprint density at radius 2 is 1.71 bits per heavy atom. The summed E-state index contributed by atoms with van der Waals surface area (Å²) in [5.41, 5.74) is 2.22. The first-order valence-corrected chi connectivity index (χ1v) is 7.81. The van der Waals surface area contributed by atoms with Gasteiger partial charge in [-0.15, -0.1) is 0 Å². The largest absolute Gasteiger partial charge is 0.487 e. The fourth-order valence-electron chi connectivity index (χ4n) is 1.92. The first-order chi connectivity index (χ1) is 10.2. The zero-order valence-corrected chi connectivity index (χ0v) is 13.5. The highest BCUT2D eigenvalue weighted by Gasteiger charge is 2.04. The summed E-state index contributed by atoms with van der Waals surface area (Å²) >= 11 is 12.1. The van der Waals surface area contributed by atoms with E-state index in [1.807, 2.05) is 42.5 Å². The monoisotopic (exact) mass is 323 g/mol. The van der Waals surface area contributed by atoms with Gasteiger partial charge in [0.2, 0.25) is 0 Å². The van der Waals surface area contributed by atoms with Gasteiger partial charge in [-0.2, -0.15) is 0 Å². The van der Waals surface area contributed by atoms with Crippen molar-refractivity contribution in [2.24, 2.45) is 0 Å². The third kappa shape index (κ3) is 5.24. The molecule has 0 bridgehead atoms. The lowest BCUT2D eigenvalue weighted by molar-refractivity contribution is 0.306. The van der Waals surface area contributed by atoms with E-state index < -0.39 is 0 Å². The fourth-order valence-corrected chi connectivity index (χ4v) is 2.31. The molecule has 2 nitrogen and oxygen atoms in total. The predicted octanol–water partition coefficient (Wildman–Crippen LogP) is 5.07. The molecular formula is C17H19Cl2NO. The molecule has 4 heteroatoms. The molecule has 0 unspecified atom stereocenters. The standard InChI is InChI=1S/C17H19Cl2NO/c1-2-9-20-11-14-5-8-17(16(19)10-14)21-12-13-3-6-15(18)7-4-13/h3-8,10,20H,2,9,11-12H2,1H3. The van der Waals surface area contributed by atoms with E-state index in [0.717, 1.165) is 35.7 Å². The number of ether oxygens (including phenoxy) is 1. The van der Waals surface area contributed by atoms with Crippen LogP contribution in [-0.2, 0) is 13.2 Å². The van der Waals surface area contributed by atoms with E-state index in [-0.39, 0.29) is 0 Å². The van der Waals surface area contributed by atoms with Gasteiger partial charge in [-0.25, -0.2) is 0 Å². The third-order valence-electron chi connectivity index (χ3n) is 3.06. The van der Waals surface area contributed by atoms with Gasteiger partial charge in [-0.1, -0.05) is 48.3 Å². The maximum absolute atomic E-state index is 6.26. The molecule has 21 heavy (non-hydrogen) atoms. The lowest BCUT2D eigenvalue weighted by atomic mass is 10.2. The van der Waals surface area contributed by atoms with Crippen molar-refractivity contribution in [3.63, 3.8) is 0 Å². The molecule has 2 aromatic carbocycles. The summed E-state index contributed by atoms with van der Waals surface area (Å²) in [5, 5.41) is 4.71. The molecule has 0 saturated carbocycles. The van der Waals surface area contributed by atoms with Gasteiger partial charge in [-0.05, 0) is 48.4 Å². The number of halogens is 2. The second-order valence-corrected chi connectivity index (χ2v) is 5.70. The maximum Gasteiger partial charge on any atom is 0.138 e. The number of benzene rings is 2. The molecule has 1 N–H and O–H groups in total. The molecule has 0 aliphatic rings. The molecule has 0 heterocycles. The van der Waals surface area contributed by atoms with Crippen LogP contribution in [0, 0.1) is 0 Å². The first-order valence-electron chi connectivity index (χ1n) is 7.05. The van der Waals surface area contributed by atoms with E-state index >= 15 is 0 Å². The highest BCUT2D eigenvalue weighted by Crippen LogP contribution is 2.26. The molecule has 0 atom stereocenters. The average molecular weight is 324 g/mol. The van der Waals surface area contributed by atoms with Gasteiger partial charge < -0.3 is 10.1 Å². The minimum absolute atomic E-state index is 0.477. The van der Waals surface area contributed by atoms with Crippen LogP contribution in [0.5, 0.6) is 5.75 Å². The zero-order valence-electron chi connectivity index (χ0n) is 12.0. The smallest absolute Gasteiger partial charge is 0.138 e. The SMILES string of the molecule is CCCNCc1ccc(OCc2ccc(Cl)cc2)c(Cl)c1. The Hall–Kier alpha value is -1.22. The molecule has 2 rings (SSSR count). The van der Waals surface area contributed by atoms with Crippen molar-refractivity contribution in [2.75, 3.05) is 6.54 Å². The van der Waals surface area contributed by atoms with Crippen molar-refractivity contribution in [2.45, 2.75) is 26.5 Å². The lowest BCUT2D eigenvalue weighted by Gasteiger charge is -2.10. The maximum atomic E-state index is 6.26. The van der Waals surface area contributed by atoms with Gasteiger partial charge in [0.1, 0.15) is 12.4 Å². The summed E-state index contributed by atoms with van der Waals surface area (Å²) in [5.74, 6) is 0.700. The van der Waals surface area contributed by atoms with Crippen LogP contribution in [0.1, 0.15) is 24.5 Å². The third-order valence-corrected chi connectivity index (χ3v) is 3.61. The Bertz CT molecular complexity index is 570. The van der Waals surface area contributed by atoms with Crippen LogP contribution >= 0.6 is 23.2 Å². The van der Waals surface area contributed by atoms with Gasteiger partial charge in [-0.3, -0.25) is 0 Å². The summed E-state index contributed by atoms with van der Waals surface area (Å²) in [6.45, 7) is 4.45. The van der Waals surface area contributed by atoms with Crippen molar-refractivity contribution in [1.29, 1.82) is 0 Å². The van der Waals surface area contributed by atoms with Crippen molar-refractivity contribution in [1.82, 2.24) is 5.32 Å². The van der Waals surface area contributed by atoms with Gasteiger partial charge >= 0.3 is 0 Å². The topological polar surface area (TPSA) is 21.3 Å². The lowest BCUT2D eigenvalue weighted by Crippen LogP contribution is -2.13. The molecule has 0 aromatic heterocycles. The molecule has 112 valence electrons. The Morgan fingerprint density at radius 1 is 1.00 bits per heavy atom. The summed E-state index contributed by atoms with van der Waals surface area (Å²) in [6, 6.07) is 13.5. The van der Waals surface area contributed by atoms with Crippen LogP contribution < -0.4 is 10.1 Å². The second kappa shape index (κ2) is 8.28. The minimum atomic E-state index is 0.477. The van der Waals surface area contributed by atoms with Gasteiger partial charge in [0, 0.05) is 11.6 Å². The van der Waals surface area contributed by atoms with E-state index in [1.165, 1.54) is 0 Å². The normalized spacial score (nSPS) is 10.6. The Balaban J connectivity index is 1.92. The van der Waals surface area contributed by atoms with Gasteiger partial charge in [0.15, 0.2) is 0 Å². The molecule has 0 radical (unpaired) electrons. The average Bonchev–Trinajstić information content (AvgIpc) is 2.48. The van der Waals surface area contributed by atoms with Crippen molar-refractivity contribution >= 4 is 23.2 Å². The second-order valence-electron chi connectivity index (χ2n) is 4.86. The summed E-state index contributed by atoms with van der Waals surface area (Å²) in [6.07, 6.45) is 1.12. The van der Waals surface area contributed by atoms with Crippen molar-refractivity contribution in [3.8, 4) is 5.75 Å². The van der Waals surface area contributed by atoms with E-state index in [4.69, 9.17) is 27.9 Å². The van der Waals surface area contributed by atoms with Crippen LogP contribution in [0.2, 0.25) is 10.0 Å². The number of nitrogens with one attached hydrogen (secondary N) is 1. The van der Waals surface area contributed by atoms with Crippen molar-refractivity contribution in [3.05, 3.63) is 63.6 Å². The van der Waals surface area contributed by atoms with E-state index in [1.54, 1.807) is 0 Å². The first kappa shape index (κ1) is 16.2. The quantitative estimate of drug-likeness (QED) is 0.718. The molecule has 0 saturated heterocycles. The molecule has 0 spiro atoms. The van der Waals surface area contributed by atoms with Gasteiger partial charge in [0.25, 0.3) is 0 Å².